The summed E-state index contributed by atoms with van der Waals surface area (Å²) in [5.74, 6) is -0.686. The van der Waals surface area contributed by atoms with Gasteiger partial charge in [-0.1, -0.05) is 60.7 Å². The van der Waals surface area contributed by atoms with Gasteiger partial charge in [-0.25, -0.2) is 9.59 Å². The zero-order chi connectivity index (χ0) is 24.7. The second kappa shape index (κ2) is 15.3. The van der Waals surface area contributed by atoms with Gasteiger partial charge in [0.2, 0.25) is 0 Å². The van der Waals surface area contributed by atoms with Crippen LogP contribution in [0.3, 0.4) is 0 Å². The summed E-state index contributed by atoms with van der Waals surface area (Å²) in [5.41, 5.74) is 2.06. The molecule has 8 nitrogen and oxygen atoms in total. The molecule has 2 rings (SSSR count). The number of amides is 1. The number of methoxy groups -OCH3 is 1. The van der Waals surface area contributed by atoms with Crippen LogP contribution in [-0.4, -0.2) is 42.9 Å². The van der Waals surface area contributed by atoms with Crippen LogP contribution in [0, 0.1) is 0 Å². The number of carbonyl (C=O) groups excluding carboxylic acids is 2. The predicted molar refractivity (Wildman–Crippen MR) is 129 cm³/mol. The molecule has 0 radical (unpaired) electrons. The first-order chi connectivity index (χ1) is 16.4. The molecule has 0 saturated heterocycles. The van der Waals surface area contributed by atoms with Crippen LogP contribution in [0.2, 0.25) is 0 Å². The number of aryl methyl sites for hydroxylation is 1. The van der Waals surface area contributed by atoms with Crippen LogP contribution < -0.4 is 5.32 Å². The fourth-order valence-electron chi connectivity index (χ4n) is 3.30. The molecule has 2 aromatic carbocycles. The average Bonchev–Trinajstić information content (AvgIpc) is 2.85. The van der Waals surface area contributed by atoms with E-state index < -0.39 is 25.8 Å². The van der Waals surface area contributed by atoms with Gasteiger partial charge in [-0.15, -0.1) is 0 Å². The van der Waals surface area contributed by atoms with Crippen LogP contribution in [0.1, 0.15) is 43.2 Å². The number of carbonyl (C=O) groups is 2. The average molecular weight is 492 g/mol. The predicted octanol–water partition coefficient (Wildman–Crippen LogP) is 4.85. The van der Waals surface area contributed by atoms with E-state index in [-0.39, 0.29) is 19.2 Å². The van der Waals surface area contributed by atoms with Gasteiger partial charge >= 0.3 is 19.7 Å². The minimum absolute atomic E-state index is 0.0257. The molecule has 9 heteroatoms. The molecule has 1 amide bonds. The Hall–Kier alpha value is -2.67. The molecule has 0 aliphatic carbocycles. The molecule has 34 heavy (non-hydrogen) atoms. The molecule has 0 bridgehead atoms. The largest absolute Gasteiger partial charge is 0.467 e. The van der Waals surface area contributed by atoms with Gasteiger partial charge in [-0.2, -0.15) is 0 Å². The highest BCUT2D eigenvalue weighted by molar-refractivity contribution is 7.52. The molecule has 0 heterocycles. The number of esters is 1. The van der Waals surface area contributed by atoms with Crippen molar-refractivity contribution in [2.75, 3.05) is 19.8 Å². The maximum atomic E-state index is 12.5. The molecule has 0 aliphatic heterocycles. The van der Waals surface area contributed by atoms with Crippen LogP contribution in [-0.2, 0) is 36.4 Å². The lowest BCUT2D eigenvalue weighted by atomic mass is 10.1. The van der Waals surface area contributed by atoms with Crippen LogP contribution in [0.5, 0.6) is 0 Å². The summed E-state index contributed by atoms with van der Waals surface area (Å²) in [7, 11) is -2.72. The van der Waals surface area contributed by atoms with Crippen LogP contribution in [0.4, 0.5) is 4.79 Å². The second-order valence-electron chi connectivity index (χ2n) is 7.91. The van der Waals surface area contributed by atoms with Gasteiger partial charge in [-0.05, 0) is 49.7 Å². The minimum atomic E-state index is -3.94. The smallest absolute Gasteiger partial charge is 0.407 e. The molecular weight excluding hydrogens is 457 g/mol. The third kappa shape index (κ3) is 11.5. The summed E-state index contributed by atoms with van der Waals surface area (Å²) < 4.78 is 27.6. The molecule has 2 N–H and O–H groups in total. The quantitative estimate of drug-likeness (QED) is 0.208. The summed E-state index contributed by atoms with van der Waals surface area (Å²) in [6.45, 7) is 0.528. The Morgan fingerprint density at radius 1 is 0.941 bits per heavy atom. The first kappa shape index (κ1) is 27.6. The van der Waals surface area contributed by atoms with Crippen molar-refractivity contribution in [2.24, 2.45) is 0 Å². The van der Waals surface area contributed by atoms with E-state index in [1.807, 2.05) is 60.7 Å². The topological polar surface area (TPSA) is 111 Å². The maximum Gasteiger partial charge on any atom is 0.407 e. The van der Waals surface area contributed by atoms with Crippen molar-refractivity contribution in [2.45, 2.75) is 51.2 Å². The van der Waals surface area contributed by atoms with E-state index in [1.165, 1.54) is 12.7 Å². The van der Waals surface area contributed by atoms with Gasteiger partial charge in [0.25, 0.3) is 0 Å². The van der Waals surface area contributed by atoms with Gasteiger partial charge < -0.3 is 19.7 Å². The molecule has 0 fully saturated rings. The van der Waals surface area contributed by atoms with Crippen LogP contribution in [0.15, 0.2) is 60.7 Å². The molecule has 2 unspecified atom stereocenters. The van der Waals surface area contributed by atoms with Crippen molar-refractivity contribution in [3.8, 4) is 0 Å². The SMILES string of the molecule is COC(=O)C(CCCCNC(=O)OCc1ccccc1)OP(=O)(O)CCCCc1ccccc1. The summed E-state index contributed by atoms with van der Waals surface area (Å²) in [6, 6.07) is 19.2. The fourth-order valence-corrected chi connectivity index (χ4v) is 4.62. The van der Waals surface area contributed by atoms with Crippen LogP contribution >= 0.6 is 7.60 Å². The molecular formula is C25H34NO7P. The van der Waals surface area contributed by atoms with Gasteiger partial charge in [0.05, 0.1) is 13.3 Å². The zero-order valence-electron chi connectivity index (χ0n) is 19.6. The van der Waals surface area contributed by atoms with Gasteiger partial charge in [0.1, 0.15) is 6.61 Å². The highest BCUT2D eigenvalue weighted by Gasteiger charge is 2.29. The van der Waals surface area contributed by atoms with Crippen molar-refractivity contribution in [3.63, 3.8) is 0 Å². The molecule has 0 spiro atoms. The third-order valence-corrected chi connectivity index (χ3v) is 6.60. The number of ether oxygens (including phenoxy) is 2. The molecule has 0 aromatic heterocycles. The lowest BCUT2D eigenvalue weighted by Crippen LogP contribution is -2.27. The molecule has 0 saturated carbocycles. The Kier molecular flexibility index (Phi) is 12.4. The number of alkyl carbamates (subject to hydrolysis) is 1. The zero-order valence-corrected chi connectivity index (χ0v) is 20.5. The van der Waals surface area contributed by atoms with Gasteiger partial charge in [0.15, 0.2) is 6.10 Å². The normalized spacial score (nSPS) is 13.5. The van der Waals surface area contributed by atoms with E-state index in [1.54, 1.807) is 0 Å². The van der Waals surface area contributed by atoms with Gasteiger partial charge in [0, 0.05) is 6.54 Å². The monoisotopic (exact) mass is 491 g/mol. The Labute approximate surface area is 201 Å². The number of hydrogen-bond donors (Lipinski definition) is 2. The molecule has 2 aromatic rings. The number of rotatable bonds is 15. The van der Waals surface area contributed by atoms with Crippen LogP contribution in [0.25, 0.3) is 0 Å². The highest BCUT2D eigenvalue weighted by atomic mass is 31.2. The number of unbranched alkanes of at least 4 members (excludes halogenated alkanes) is 2. The van der Waals surface area contributed by atoms with E-state index >= 15 is 0 Å². The van der Waals surface area contributed by atoms with Crippen molar-refractivity contribution in [1.29, 1.82) is 0 Å². The molecule has 2 atom stereocenters. The fraction of sp³-hybridized carbons (Fsp3) is 0.440. The summed E-state index contributed by atoms with van der Waals surface area (Å²) in [6.07, 6.45) is 1.63. The summed E-state index contributed by atoms with van der Waals surface area (Å²) >= 11 is 0. The summed E-state index contributed by atoms with van der Waals surface area (Å²) in [5, 5.41) is 2.64. The van der Waals surface area contributed by atoms with Crippen molar-refractivity contribution in [1.82, 2.24) is 5.32 Å². The van der Waals surface area contributed by atoms with Gasteiger partial charge in [-0.3, -0.25) is 9.09 Å². The van der Waals surface area contributed by atoms with Crippen molar-refractivity contribution < 1.29 is 33.0 Å². The number of hydrogen-bond acceptors (Lipinski definition) is 6. The maximum absolute atomic E-state index is 12.5. The van der Waals surface area contributed by atoms with E-state index in [2.05, 4.69) is 5.32 Å². The van der Waals surface area contributed by atoms with E-state index in [4.69, 9.17) is 14.0 Å². The standard InChI is InChI=1S/C25H34NO7P/c1-31-24(27)23(33-34(29,30)19-11-9-14-21-12-4-2-5-13-21)17-8-10-18-26-25(28)32-20-22-15-6-3-7-16-22/h2-7,12-13,15-16,23H,8-11,14,17-20H2,1H3,(H,26,28)(H,29,30). The second-order valence-corrected chi connectivity index (χ2v) is 9.84. The number of nitrogens with one attached hydrogen (secondary N) is 1. The molecule has 0 aliphatic rings. The third-order valence-electron chi connectivity index (χ3n) is 5.13. The number of benzene rings is 2. The Morgan fingerprint density at radius 2 is 1.59 bits per heavy atom. The highest BCUT2D eigenvalue weighted by Crippen LogP contribution is 2.45. The Morgan fingerprint density at radius 3 is 2.24 bits per heavy atom. The molecule has 186 valence electrons. The summed E-state index contributed by atoms with van der Waals surface area (Å²) in [4.78, 5) is 34.0. The lowest BCUT2D eigenvalue weighted by molar-refractivity contribution is -0.149. The lowest BCUT2D eigenvalue weighted by Gasteiger charge is -2.19. The van der Waals surface area contributed by atoms with Crippen molar-refractivity contribution in [3.05, 3.63) is 71.8 Å². The Balaban J connectivity index is 1.65. The first-order valence-corrected chi connectivity index (χ1v) is 13.2. The van der Waals surface area contributed by atoms with E-state index in [0.29, 0.717) is 25.8 Å². The van der Waals surface area contributed by atoms with E-state index in [9.17, 15) is 19.0 Å². The first-order valence-electron chi connectivity index (χ1n) is 11.5. The minimum Gasteiger partial charge on any atom is -0.467 e. The van der Waals surface area contributed by atoms with E-state index in [0.717, 1.165) is 18.4 Å². The Bertz CT molecular complexity index is 908. The van der Waals surface area contributed by atoms with Crippen molar-refractivity contribution >= 4 is 19.7 Å².